The topological polar surface area (TPSA) is 77.2 Å². The molecule has 3 aromatic rings. The van der Waals surface area contributed by atoms with Gasteiger partial charge in [0.15, 0.2) is 0 Å². The molecule has 1 aromatic heterocycles. The fourth-order valence-electron chi connectivity index (χ4n) is 2.51. The van der Waals surface area contributed by atoms with Gasteiger partial charge in [-0.15, -0.1) is 0 Å². The van der Waals surface area contributed by atoms with Gasteiger partial charge in [-0.2, -0.15) is 0 Å². The van der Waals surface area contributed by atoms with Crippen LogP contribution in [0.1, 0.15) is 11.3 Å². The number of carbonyl (C=O) groups excluding carboxylic acids is 1. The number of fused-ring (bicyclic) bond motifs is 1. The van der Waals surface area contributed by atoms with Gasteiger partial charge in [0.05, 0.1) is 17.3 Å². The molecule has 0 saturated carbocycles. The van der Waals surface area contributed by atoms with Crippen molar-refractivity contribution in [3.63, 3.8) is 0 Å². The van der Waals surface area contributed by atoms with E-state index in [0.29, 0.717) is 27.0 Å². The van der Waals surface area contributed by atoms with Gasteiger partial charge in [-0.25, -0.2) is 4.98 Å². The zero-order chi connectivity index (χ0) is 18.7. The smallest absolute Gasteiger partial charge is 0.238 e. The fourth-order valence-corrected chi connectivity index (χ4v) is 3.04. The number of aromatic nitrogens is 1. The van der Waals surface area contributed by atoms with E-state index in [0.717, 1.165) is 16.6 Å². The molecule has 0 atom stereocenters. The number of para-hydroxylation sites is 1. The van der Waals surface area contributed by atoms with Crippen LogP contribution in [0.15, 0.2) is 42.5 Å². The second-order valence-corrected chi connectivity index (χ2v) is 6.49. The fraction of sp³-hybridized carbons (Fsp3) is 0.158. The van der Waals surface area contributed by atoms with Crippen molar-refractivity contribution in [1.29, 1.82) is 0 Å². The zero-order valence-electron chi connectivity index (χ0n) is 14.1. The summed E-state index contributed by atoms with van der Waals surface area (Å²) in [6.07, 6.45) is 0. The van der Waals surface area contributed by atoms with Crippen molar-refractivity contribution in [1.82, 2.24) is 4.98 Å². The maximum atomic E-state index is 11.5. The van der Waals surface area contributed by atoms with Gasteiger partial charge < -0.3 is 15.8 Å². The number of pyridine rings is 1. The number of benzene rings is 2. The molecular weight excluding hydrogens is 373 g/mol. The van der Waals surface area contributed by atoms with Gasteiger partial charge in [-0.05, 0) is 31.2 Å². The lowest BCUT2D eigenvalue weighted by molar-refractivity contribution is -0.114. The van der Waals surface area contributed by atoms with Crippen LogP contribution in [0.4, 0.5) is 5.69 Å². The van der Waals surface area contributed by atoms with Crippen LogP contribution in [-0.2, 0) is 11.4 Å². The standard InChI is InChI=1S/C19H17Cl2N3O2/c1-11-5-6-12-3-2-4-16(19(12)23-11)26-10-13-14(20)7-8-15(18(13)21)24-17(25)9-22/h2-8H,9-10,22H2,1H3,(H,24,25). The molecule has 26 heavy (non-hydrogen) atoms. The molecule has 0 aliphatic heterocycles. The van der Waals surface area contributed by atoms with Crippen molar-refractivity contribution in [2.45, 2.75) is 13.5 Å². The number of nitrogens with two attached hydrogens (primary N) is 1. The minimum atomic E-state index is -0.338. The van der Waals surface area contributed by atoms with E-state index < -0.39 is 0 Å². The number of ether oxygens (including phenoxy) is 1. The summed E-state index contributed by atoms with van der Waals surface area (Å²) in [6.45, 7) is 1.93. The molecule has 2 aromatic carbocycles. The molecule has 134 valence electrons. The zero-order valence-corrected chi connectivity index (χ0v) is 15.6. The molecule has 0 unspecified atom stereocenters. The first-order valence-electron chi connectivity index (χ1n) is 7.95. The average Bonchev–Trinajstić information content (AvgIpc) is 2.64. The predicted molar refractivity (Wildman–Crippen MR) is 105 cm³/mol. The Bertz CT molecular complexity index is 976. The number of hydrogen-bond acceptors (Lipinski definition) is 4. The molecule has 3 rings (SSSR count). The average molecular weight is 390 g/mol. The minimum Gasteiger partial charge on any atom is -0.487 e. The Morgan fingerprint density at radius 3 is 2.77 bits per heavy atom. The Labute approximate surface area is 161 Å². The van der Waals surface area contributed by atoms with Gasteiger partial charge in [-0.1, -0.05) is 41.4 Å². The molecule has 0 spiro atoms. The molecule has 1 amide bonds. The monoisotopic (exact) mass is 389 g/mol. The Morgan fingerprint density at radius 2 is 2.00 bits per heavy atom. The summed E-state index contributed by atoms with van der Waals surface area (Å²) in [4.78, 5) is 16.1. The van der Waals surface area contributed by atoms with Crippen LogP contribution in [0, 0.1) is 6.92 Å². The maximum Gasteiger partial charge on any atom is 0.238 e. The van der Waals surface area contributed by atoms with Crippen LogP contribution in [0.3, 0.4) is 0 Å². The first kappa shape index (κ1) is 18.5. The van der Waals surface area contributed by atoms with Crippen LogP contribution in [0.5, 0.6) is 5.75 Å². The highest BCUT2D eigenvalue weighted by molar-refractivity contribution is 6.38. The van der Waals surface area contributed by atoms with E-state index in [4.69, 9.17) is 33.7 Å². The van der Waals surface area contributed by atoms with E-state index in [9.17, 15) is 4.79 Å². The number of carbonyl (C=O) groups is 1. The quantitative estimate of drug-likeness (QED) is 0.680. The van der Waals surface area contributed by atoms with Crippen molar-refractivity contribution in [3.8, 4) is 5.75 Å². The van der Waals surface area contributed by atoms with Crippen LogP contribution < -0.4 is 15.8 Å². The number of aryl methyl sites for hydroxylation is 1. The third-order valence-electron chi connectivity index (χ3n) is 3.84. The number of rotatable bonds is 5. The van der Waals surface area contributed by atoms with E-state index in [1.165, 1.54) is 0 Å². The molecule has 0 aliphatic rings. The second-order valence-electron chi connectivity index (χ2n) is 5.71. The van der Waals surface area contributed by atoms with Crippen molar-refractivity contribution in [3.05, 3.63) is 63.8 Å². The summed E-state index contributed by atoms with van der Waals surface area (Å²) < 4.78 is 5.94. The molecule has 0 bridgehead atoms. The second kappa shape index (κ2) is 7.91. The number of halogens is 2. The van der Waals surface area contributed by atoms with E-state index in [1.807, 2.05) is 37.3 Å². The Kier molecular flexibility index (Phi) is 5.61. The summed E-state index contributed by atoms with van der Waals surface area (Å²) in [6, 6.07) is 12.9. The Morgan fingerprint density at radius 1 is 1.19 bits per heavy atom. The minimum absolute atomic E-state index is 0.133. The van der Waals surface area contributed by atoms with Crippen molar-refractivity contribution >= 4 is 45.7 Å². The Balaban J connectivity index is 1.89. The van der Waals surface area contributed by atoms with E-state index in [-0.39, 0.29) is 19.1 Å². The normalized spacial score (nSPS) is 10.8. The number of amides is 1. The van der Waals surface area contributed by atoms with E-state index >= 15 is 0 Å². The third kappa shape index (κ3) is 3.90. The molecule has 0 saturated heterocycles. The van der Waals surface area contributed by atoms with Gasteiger partial charge in [0.2, 0.25) is 5.91 Å². The highest BCUT2D eigenvalue weighted by Gasteiger charge is 2.14. The van der Waals surface area contributed by atoms with Crippen LogP contribution in [0.2, 0.25) is 10.0 Å². The molecule has 0 radical (unpaired) electrons. The summed E-state index contributed by atoms with van der Waals surface area (Å²) >= 11 is 12.7. The molecular formula is C19H17Cl2N3O2. The van der Waals surface area contributed by atoms with E-state index in [2.05, 4.69) is 10.3 Å². The molecule has 1 heterocycles. The van der Waals surface area contributed by atoms with Gasteiger partial charge in [0, 0.05) is 21.7 Å². The molecule has 0 aliphatic carbocycles. The first-order valence-corrected chi connectivity index (χ1v) is 8.71. The number of hydrogen-bond donors (Lipinski definition) is 2. The van der Waals surface area contributed by atoms with Crippen molar-refractivity contribution in [2.75, 3.05) is 11.9 Å². The van der Waals surface area contributed by atoms with Gasteiger partial charge in [-0.3, -0.25) is 4.79 Å². The number of anilines is 1. The molecule has 0 fully saturated rings. The summed E-state index contributed by atoms with van der Waals surface area (Å²) in [5, 5.41) is 4.39. The highest BCUT2D eigenvalue weighted by atomic mass is 35.5. The summed E-state index contributed by atoms with van der Waals surface area (Å²) in [7, 11) is 0. The van der Waals surface area contributed by atoms with Gasteiger partial charge in [0.1, 0.15) is 17.9 Å². The number of nitrogens with one attached hydrogen (secondary N) is 1. The Hall–Kier alpha value is -2.34. The SMILES string of the molecule is Cc1ccc2cccc(OCc3c(Cl)ccc(NC(=O)CN)c3Cl)c2n1. The van der Waals surface area contributed by atoms with Crippen molar-refractivity contribution < 1.29 is 9.53 Å². The molecule has 3 N–H and O–H groups in total. The van der Waals surface area contributed by atoms with Crippen LogP contribution >= 0.6 is 23.2 Å². The van der Waals surface area contributed by atoms with Gasteiger partial charge >= 0.3 is 0 Å². The number of nitrogens with zero attached hydrogens (tertiary/aromatic N) is 1. The summed E-state index contributed by atoms with van der Waals surface area (Å²) in [5.74, 6) is 0.296. The van der Waals surface area contributed by atoms with Crippen LogP contribution in [0.25, 0.3) is 10.9 Å². The highest BCUT2D eigenvalue weighted by Crippen LogP contribution is 2.33. The lowest BCUT2D eigenvalue weighted by atomic mass is 10.2. The molecule has 7 heteroatoms. The van der Waals surface area contributed by atoms with E-state index in [1.54, 1.807) is 12.1 Å². The third-order valence-corrected chi connectivity index (χ3v) is 4.63. The van der Waals surface area contributed by atoms with Crippen molar-refractivity contribution in [2.24, 2.45) is 5.73 Å². The largest absolute Gasteiger partial charge is 0.487 e. The van der Waals surface area contributed by atoms with Crippen LogP contribution in [-0.4, -0.2) is 17.4 Å². The maximum absolute atomic E-state index is 11.5. The first-order chi connectivity index (χ1) is 12.5. The predicted octanol–water partition coefficient (Wildman–Crippen LogP) is 4.33. The van der Waals surface area contributed by atoms with Gasteiger partial charge in [0.25, 0.3) is 0 Å². The lowest BCUT2D eigenvalue weighted by Gasteiger charge is -2.14. The summed E-state index contributed by atoms with van der Waals surface area (Å²) in [5.41, 5.74) is 8.01. The molecule has 5 nitrogen and oxygen atoms in total. The lowest BCUT2D eigenvalue weighted by Crippen LogP contribution is -2.22.